The van der Waals surface area contributed by atoms with Crippen molar-refractivity contribution in [1.29, 1.82) is 0 Å². The third kappa shape index (κ3) is 5.96. The van der Waals surface area contributed by atoms with E-state index in [4.69, 9.17) is 4.74 Å². The van der Waals surface area contributed by atoms with Gasteiger partial charge in [0, 0.05) is 29.4 Å². The molecule has 0 bridgehead atoms. The van der Waals surface area contributed by atoms with Crippen molar-refractivity contribution in [3.8, 4) is 28.3 Å². The molecule has 1 N–H and O–H groups in total. The van der Waals surface area contributed by atoms with Crippen LogP contribution in [0.2, 0.25) is 0 Å². The van der Waals surface area contributed by atoms with Crippen LogP contribution in [0.3, 0.4) is 0 Å². The van der Waals surface area contributed by atoms with E-state index in [-0.39, 0.29) is 35.3 Å². The SMILES string of the molecule is COc1ccc(-c2ccc(F)cc2-c2nc(N(C(=O)C(CC(=O)O)Cc3ccccc3)C3CC3)sc2F)cn1. The fourth-order valence-electron chi connectivity index (χ4n) is 4.50. The zero-order valence-corrected chi connectivity index (χ0v) is 21.8. The van der Waals surface area contributed by atoms with Crippen molar-refractivity contribution in [2.45, 2.75) is 31.7 Å². The molecule has 2 aromatic heterocycles. The molecule has 2 aromatic carbocycles. The van der Waals surface area contributed by atoms with Gasteiger partial charge in [0.2, 0.25) is 16.9 Å². The monoisotopic (exact) mass is 549 g/mol. The Bertz CT molecular complexity index is 1490. The van der Waals surface area contributed by atoms with Crippen molar-refractivity contribution in [3.05, 3.63) is 83.4 Å². The lowest BCUT2D eigenvalue weighted by atomic mass is 9.94. The summed E-state index contributed by atoms with van der Waals surface area (Å²) in [5, 5.41) is 8.97. The number of aliphatic carboxylic acids is 1. The largest absolute Gasteiger partial charge is 0.481 e. The van der Waals surface area contributed by atoms with Crippen LogP contribution in [-0.4, -0.2) is 40.1 Å². The van der Waals surface area contributed by atoms with Crippen LogP contribution < -0.4 is 9.64 Å². The van der Waals surface area contributed by atoms with Crippen LogP contribution >= 0.6 is 11.3 Å². The topological polar surface area (TPSA) is 92.6 Å². The maximum atomic E-state index is 15.5. The highest BCUT2D eigenvalue weighted by Crippen LogP contribution is 2.41. The van der Waals surface area contributed by atoms with Gasteiger partial charge in [0.05, 0.1) is 19.4 Å². The number of pyridine rings is 1. The number of nitrogens with zero attached hydrogens (tertiary/aromatic N) is 3. The van der Waals surface area contributed by atoms with E-state index in [1.807, 2.05) is 30.3 Å². The van der Waals surface area contributed by atoms with Crippen molar-refractivity contribution in [1.82, 2.24) is 9.97 Å². The van der Waals surface area contributed by atoms with Crippen LogP contribution in [0.5, 0.6) is 5.88 Å². The average Bonchev–Trinajstić information content (AvgIpc) is 3.69. The van der Waals surface area contributed by atoms with Crippen LogP contribution in [-0.2, 0) is 16.0 Å². The van der Waals surface area contributed by atoms with Gasteiger partial charge < -0.3 is 9.84 Å². The summed E-state index contributed by atoms with van der Waals surface area (Å²) in [6.45, 7) is 0. The number of amides is 1. The van der Waals surface area contributed by atoms with Crippen molar-refractivity contribution in [2.75, 3.05) is 12.0 Å². The standard InChI is InChI=1S/C29H25F2N3O4S/c1-38-24-12-7-18(16-32-24)22-11-8-20(30)15-23(22)26-27(31)39-29(33-26)34(21-9-10-21)28(37)19(14-25(35)36)13-17-5-3-2-4-6-17/h2-8,11-12,15-16,19,21H,9-10,13-14H2,1H3,(H,35,36). The smallest absolute Gasteiger partial charge is 0.304 e. The second-order valence-corrected chi connectivity index (χ2v) is 10.2. The number of thiazole rings is 1. The predicted octanol–water partition coefficient (Wildman–Crippen LogP) is 5.99. The van der Waals surface area contributed by atoms with Crippen molar-refractivity contribution >= 4 is 28.3 Å². The number of ether oxygens (including phenoxy) is 1. The first kappa shape index (κ1) is 26.4. The van der Waals surface area contributed by atoms with E-state index >= 15 is 4.39 Å². The van der Waals surface area contributed by atoms with Gasteiger partial charge in [-0.15, -0.1) is 0 Å². The number of carboxylic acid groups (broad SMARTS) is 1. The van der Waals surface area contributed by atoms with E-state index in [1.165, 1.54) is 30.2 Å². The summed E-state index contributed by atoms with van der Waals surface area (Å²) < 4.78 is 34.9. The summed E-state index contributed by atoms with van der Waals surface area (Å²) in [7, 11) is 1.49. The van der Waals surface area contributed by atoms with Crippen molar-refractivity contribution in [2.24, 2.45) is 5.92 Å². The van der Waals surface area contributed by atoms with Gasteiger partial charge in [-0.05, 0) is 48.6 Å². The number of aromatic nitrogens is 2. The van der Waals surface area contributed by atoms with Crippen LogP contribution in [0.4, 0.5) is 13.9 Å². The minimum Gasteiger partial charge on any atom is -0.481 e. The maximum Gasteiger partial charge on any atom is 0.304 e. The number of anilines is 1. The number of hydrogen-bond acceptors (Lipinski definition) is 6. The molecule has 1 saturated carbocycles. The number of rotatable bonds is 10. The van der Waals surface area contributed by atoms with E-state index in [2.05, 4.69) is 9.97 Å². The lowest BCUT2D eigenvalue weighted by Gasteiger charge is -2.24. The lowest BCUT2D eigenvalue weighted by molar-refractivity contribution is -0.140. The molecule has 5 rings (SSSR count). The quantitative estimate of drug-likeness (QED) is 0.261. The van der Waals surface area contributed by atoms with E-state index in [9.17, 15) is 19.1 Å². The Balaban J connectivity index is 1.51. The Hall–Kier alpha value is -4.18. The van der Waals surface area contributed by atoms with Gasteiger partial charge >= 0.3 is 5.97 Å². The second-order valence-electron chi connectivity index (χ2n) is 9.32. The van der Waals surface area contributed by atoms with Crippen molar-refractivity contribution in [3.63, 3.8) is 0 Å². The zero-order valence-electron chi connectivity index (χ0n) is 21.0. The highest BCUT2D eigenvalue weighted by molar-refractivity contribution is 7.14. The number of carboxylic acids is 1. The highest BCUT2D eigenvalue weighted by Gasteiger charge is 2.40. The molecule has 1 aliphatic rings. The van der Waals surface area contributed by atoms with Crippen molar-refractivity contribution < 1.29 is 28.2 Å². The van der Waals surface area contributed by atoms with Gasteiger partial charge in [0.1, 0.15) is 11.5 Å². The molecule has 0 aliphatic heterocycles. The molecule has 0 radical (unpaired) electrons. The first-order valence-electron chi connectivity index (χ1n) is 12.4. The predicted molar refractivity (Wildman–Crippen MR) is 144 cm³/mol. The lowest BCUT2D eigenvalue weighted by Crippen LogP contribution is -2.39. The third-order valence-electron chi connectivity index (χ3n) is 6.52. The first-order valence-corrected chi connectivity index (χ1v) is 13.2. The fraction of sp³-hybridized carbons (Fsp3) is 0.241. The van der Waals surface area contributed by atoms with E-state index in [1.54, 1.807) is 18.3 Å². The molecule has 0 spiro atoms. The molecular weight excluding hydrogens is 524 g/mol. The number of carbonyl (C=O) groups excluding carboxylic acids is 1. The number of hydrogen-bond donors (Lipinski definition) is 1. The minimum absolute atomic E-state index is 0.0865. The molecule has 2 heterocycles. The molecule has 1 amide bonds. The molecular formula is C29H25F2N3O4S. The summed E-state index contributed by atoms with van der Waals surface area (Å²) in [6.07, 6.45) is 2.82. The van der Waals surface area contributed by atoms with Gasteiger partial charge in [-0.2, -0.15) is 4.39 Å². The molecule has 0 saturated heterocycles. The second kappa shape index (κ2) is 11.3. The van der Waals surface area contributed by atoms with Gasteiger partial charge in [-0.1, -0.05) is 47.7 Å². The molecule has 39 heavy (non-hydrogen) atoms. The minimum atomic E-state index is -1.09. The molecule has 7 nitrogen and oxygen atoms in total. The Morgan fingerprint density at radius 1 is 1.10 bits per heavy atom. The molecule has 4 aromatic rings. The highest BCUT2D eigenvalue weighted by atomic mass is 32.1. The van der Waals surface area contributed by atoms with Gasteiger partial charge in [0.25, 0.3) is 0 Å². The fourth-order valence-corrected chi connectivity index (χ4v) is 5.39. The molecule has 1 atom stereocenters. The number of methoxy groups -OCH3 is 1. The van der Waals surface area contributed by atoms with Crippen LogP contribution in [0.1, 0.15) is 24.8 Å². The van der Waals surface area contributed by atoms with Gasteiger partial charge in [-0.25, -0.2) is 14.4 Å². The Kier molecular flexibility index (Phi) is 7.65. The number of carbonyl (C=O) groups is 2. The summed E-state index contributed by atoms with van der Waals surface area (Å²) in [6, 6.07) is 16.4. The Morgan fingerprint density at radius 2 is 1.87 bits per heavy atom. The number of halogens is 2. The Morgan fingerprint density at radius 3 is 2.51 bits per heavy atom. The van der Waals surface area contributed by atoms with Gasteiger partial charge in [-0.3, -0.25) is 14.5 Å². The molecule has 10 heteroatoms. The third-order valence-corrected chi connectivity index (χ3v) is 7.36. The zero-order chi connectivity index (χ0) is 27.5. The summed E-state index contributed by atoms with van der Waals surface area (Å²) in [5.41, 5.74) is 2.09. The summed E-state index contributed by atoms with van der Waals surface area (Å²) in [5.74, 6) is -2.53. The maximum absolute atomic E-state index is 15.5. The average molecular weight is 550 g/mol. The first-order chi connectivity index (χ1) is 18.8. The molecule has 1 unspecified atom stereocenters. The summed E-state index contributed by atoms with van der Waals surface area (Å²) >= 11 is 0.694. The normalized spacial score (nSPS) is 13.6. The molecule has 200 valence electrons. The molecule has 1 fully saturated rings. The van der Waals surface area contributed by atoms with Gasteiger partial charge in [0.15, 0.2) is 5.13 Å². The Labute approximate surface area is 227 Å². The number of benzene rings is 2. The van der Waals surface area contributed by atoms with Crippen LogP contribution in [0, 0.1) is 16.9 Å². The molecule has 1 aliphatic carbocycles. The summed E-state index contributed by atoms with van der Waals surface area (Å²) in [4.78, 5) is 35.5. The van der Waals surface area contributed by atoms with E-state index in [0.717, 1.165) is 5.56 Å². The van der Waals surface area contributed by atoms with Crippen LogP contribution in [0.15, 0.2) is 66.9 Å². The van der Waals surface area contributed by atoms with E-state index < -0.39 is 28.7 Å². The van der Waals surface area contributed by atoms with E-state index in [0.29, 0.717) is 41.2 Å². The van der Waals surface area contributed by atoms with Crippen LogP contribution in [0.25, 0.3) is 22.4 Å².